The van der Waals surface area contributed by atoms with Gasteiger partial charge in [0.15, 0.2) is 0 Å². The van der Waals surface area contributed by atoms with E-state index in [2.05, 4.69) is 170 Å². The summed E-state index contributed by atoms with van der Waals surface area (Å²) < 4.78 is 13.8. The average molecular weight is 920 g/mol. The van der Waals surface area contributed by atoms with E-state index < -0.39 is 18.0 Å². The Kier molecular flexibility index (Phi) is 9.96. The van der Waals surface area contributed by atoms with Crippen LogP contribution in [0.4, 0.5) is 0 Å². The molecule has 230 valence electrons. The van der Waals surface area contributed by atoms with Crippen LogP contribution in [0.1, 0.15) is 70.2 Å². The quantitative estimate of drug-likeness (QED) is 0.158. The van der Waals surface area contributed by atoms with E-state index in [0.717, 1.165) is 21.8 Å². The maximum absolute atomic E-state index is 5.70. The van der Waals surface area contributed by atoms with Crippen LogP contribution in [0.2, 0.25) is 0 Å². The Bertz CT molecular complexity index is 1800. The number of halogens is 4. The van der Waals surface area contributed by atoms with E-state index in [1.165, 1.54) is 43.4 Å². The van der Waals surface area contributed by atoms with E-state index in [9.17, 15) is 0 Å². The molecular formula is C39H42Br2Cl2Hf. The van der Waals surface area contributed by atoms with Gasteiger partial charge in [0.1, 0.15) is 0 Å². The van der Waals surface area contributed by atoms with Gasteiger partial charge < -0.3 is 0 Å². The minimum atomic E-state index is -5.00. The number of hydrogen-bond acceptors (Lipinski definition) is 0. The van der Waals surface area contributed by atoms with Crippen molar-refractivity contribution in [1.29, 1.82) is 0 Å². The summed E-state index contributed by atoms with van der Waals surface area (Å²) in [6, 6.07) is 30.4. The summed E-state index contributed by atoms with van der Waals surface area (Å²) in [5, 5.41) is 0. The number of allylic oxidation sites excluding steroid dienone is 4. The molecule has 0 aliphatic heterocycles. The Labute approximate surface area is 294 Å². The van der Waals surface area contributed by atoms with Crippen LogP contribution in [-0.4, -0.2) is 4.26 Å². The molecule has 6 rings (SSSR count). The molecule has 0 heterocycles. The third-order valence-electron chi connectivity index (χ3n) is 9.74. The van der Waals surface area contributed by atoms with Crippen molar-refractivity contribution in [2.24, 2.45) is 0 Å². The van der Waals surface area contributed by atoms with E-state index in [-0.39, 0.29) is 35.6 Å². The summed E-state index contributed by atoms with van der Waals surface area (Å²) in [6.07, 6.45) is 8.90. The molecule has 0 spiro atoms. The first kappa shape index (κ1) is 35.5. The summed E-state index contributed by atoms with van der Waals surface area (Å²) in [5.74, 6) is 0. The third kappa shape index (κ3) is 5.51. The molecule has 4 aromatic rings. The van der Waals surface area contributed by atoms with Crippen molar-refractivity contribution in [3.05, 3.63) is 132 Å². The van der Waals surface area contributed by atoms with E-state index in [1.54, 1.807) is 3.32 Å². The predicted molar refractivity (Wildman–Crippen MR) is 203 cm³/mol. The molecule has 0 amide bonds. The van der Waals surface area contributed by atoms with Gasteiger partial charge in [-0.05, 0) is 0 Å². The van der Waals surface area contributed by atoms with Gasteiger partial charge in [0.25, 0.3) is 0 Å². The molecule has 2 aliphatic carbocycles. The molecule has 0 fully saturated rings. The van der Waals surface area contributed by atoms with Gasteiger partial charge in [-0.25, -0.2) is 0 Å². The van der Waals surface area contributed by atoms with Gasteiger partial charge >= 0.3 is 272 Å². The number of benzene rings is 4. The van der Waals surface area contributed by atoms with Crippen LogP contribution in [0.3, 0.4) is 0 Å². The van der Waals surface area contributed by atoms with Crippen LogP contribution < -0.4 is 9.96 Å². The number of fused-ring (bicyclic) bond motifs is 3. The van der Waals surface area contributed by atoms with Crippen molar-refractivity contribution in [3.63, 3.8) is 0 Å². The van der Waals surface area contributed by atoms with Crippen molar-refractivity contribution < 1.29 is 18.0 Å². The SMILES string of the molecule is Cl.Cl.[CH2]=[Hf]([C]1=CC=CC1)([c]1ccc(Br)cc1)([c]1ccc(Br)cc1)[c]1c(C(C)(C)C)ccc2c1Cc1cc(C(C)(C)C)ccc1-2. The van der Waals surface area contributed by atoms with Crippen molar-refractivity contribution in [3.8, 4) is 11.1 Å². The monoisotopic (exact) mass is 918 g/mol. The zero-order valence-electron chi connectivity index (χ0n) is 26.4. The number of rotatable bonds is 4. The molecule has 4 aromatic carbocycles. The molecule has 0 aromatic heterocycles. The number of hydrogen-bond donors (Lipinski definition) is 0. The van der Waals surface area contributed by atoms with Crippen molar-refractivity contribution >= 4 is 70.9 Å². The maximum atomic E-state index is 5.70. The molecule has 0 bridgehead atoms. The Balaban J connectivity index is 0.00000221. The van der Waals surface area contributed by atoms with Gasteiger partial charge in [-0.1, -0.05) is 0 Å². The molecule has 0 N–H and O–H groups in total. The molecule has 2 aliphatic rings. The molecule has 0 saturated heterocycles. The van der Waals surface area contributed by atoms with Gasteiger partial charge in [0.05, 0.1) is 0 Å². The van der Waals surface area contributed by atoms with Gasteiger partial charge in [-0.2, -0.15) is 0 Å². The second-order valence-corrected chi connectivity index (χ2v) is 34.9. The van der Waals surface area contributed by atoms with Gasteiger partial charge in [-0.3, -0.25) is 0 Å². The summed E-state index contributed by atoms with van der Waals surface area (Å²) in [6.45, 7) is 14.1. The minimum absolute atomic E-state index is 0. The molecule has 0 unspecified atom stereocenters. The van der Waals surface area contributed by atoms with E-state index in [4.69, 9.17) is 4.26 Å². The first-order chi connectivity index (χ1) is 19.7. The van der Waals surface area contributed by atoms with Gasteiger partial charge in [-0.15, -0.1) is 24.8 Å². The molecule has 44 heavy (non-hydrogen) atoms. The van der Waals surface area contributed by atoms with Crippen LogP contribution in [0.15, 0.2) is 109 Å². The summed E-state index contributed by atoms with van der Waals surface area (Å²) >= 11 is 2.49. The summed E-state index contributed by atoms with van der Waals surface area (Å²) in [7, 11) is 0. The Hall–Kier alpha value is -1.36. The second-order valence-electron chi connectivity index (χ2n) is 14.4. The van der Waals surface area contributed by atoms with Crippen LogP contribution in [-0.2, 0) is 35.3 Å². The normalized spacial score (nSPS) is 14.3. The third-order valence-corrected chi connectivity index (χ3v) is 34.8. The van der Waals surface area contributed by atoms with Crippen LogP contribution in [0.25, 0.3) is 11.1 Å². The molecule has 0 radical (unpaired) electrons. The average Bonchev–Trinajstić information content (AvgIpc) is 3.60. The van der Waals surface area contributed by atoms with Gasteiger partial charge in [0.2, 0.25) is 0 Å². The zero-order valence-corrected chi connectivity index (χ0v) is 34.8. The summed E-state index contributed by atoms with van der Waals surface area (Å²) in [5.41, 5.74) is 8.60. The molecular weight excluding hydrogens is 878 g/mol. The Morgan fingerprint density at radius 3 is 1.70 bits per heavy atom. The molecule has 0 saturated carbocycles. The van der Waals surface area contributed by atoms with Crippen molar-refractivity contribution in [2.45, 2.75) is 65.2 Å². The molecule has 0 nitrogen and oxygen atoms in total. The second kappa shape index (κ2) is 12.3. The van der Waals surface area contributed by atoms with E-state index in [1.807, 2.05) is 0 Å². The fourth-order valence-electron chi connectivity index (χ4n) is 7.48. The van der Waals surface area contributed by atoms with Gasteiger partial charge in [0, 0.05) is 0 Å². The fourth-order valence-corrected chi connectivity index (χ4v) is 32.3. The molecule has 0 atom stereocenters. The summed E-state index contributed by atoms with van der Waals surface area (Å²) in [4.78, 5) is 0. The first-order valence-electron chi connectivity index (χ1n) is 14.9. The van der Waals surface area contributed by atoms with E-state index >= 15 is 0 Å². The van der Waals surface area contributed by atoms with Crippen LogP contribution in [0, 0.1) is 0 Å². The fraction of sp³-hybridized carbons (Fsp3) is 0.256. The van der Waals surface area contributed by atoms with E-state index in [0.29, 0.717) is 0 Å². The Morgan fingerprint density at radius 1 is 0.682 bits per heavy atom. The first-order valence-corrected chi connectivity index (χ1v) is 26.3. The Morgan fingerprint density at radius 2 is 1.23 bits per heavy atom. The predicted octanol–water partition coefficient (Wildman–Crippen LogP) is 10.5. The standard InChI is InChI=1S/C21H25.2C6H4Br.C5H5.CH2.2ClH.Hf/c1-20(2,3)16-7-9-18-14(12-16)11-15-13-17(21(4,5)6)8-10-19(15)18;2*7-6-4-2-1-3-5-6;1-2-4-5-3-1;;;;/h7-10,12H,11H2,1-6H3;2*2-5H;1-3H,4H2;1H2;2*1H;. The zero-order chi connectivity index (χ0) is 30.1. The van der Waals surface area contributed by atoms with Crippen LogP contribution >= 0.6 is 56.7 Å². The van der Waals surface area contributed by atoms with Crippen LogP contribution in [0.5, 0.6) is 0 Å². The molecule has 5 heteroatoms. The van der Waals surface area contributed by atoms with Crippen molar-refractivity contribution in [1.82, 2.24) is 0 Å². The van der Waals surface area contributed by atoms with Crippen molar-refractivity contribution in [2.75, 3.05) is 0 Å². The topological polar surface area (TPSA) is 0 Å².